The molecule has 0 radical (unpaired) electrons. The summed E-state index contributed by atoms with van der Waals surface area (Å²) < 4.78 is 0. The number of nitro benzene ring substituents is 1. The number of carbonyl (C=O) groups is 1. The third-order valence-corrected chi connectivity index (χ3v) is 2.48. The van der Waals surface area contributed by atoms with Crippen LogP contribution in [0.5, 0.6) is 0 Å². The predicted octanol–water partition coefficient (Wildman–Crippen LogP) is 1.85. The fourth-order valence-electron chi connectivity index (χ4n) is 1.67. The number of allylic oxidation sites excluding steroid dienone is 1. The number of non-ortho nitro benzene ring substituents is 1. The Balaban J connectivity index is 2.25. The molecule has 1 heterocycles. The summed E-state index contributed by atoms with van der Waals surface area (Å²) in [7, 11) is 0. The Labute approximate surface area is 97.5 Å². The van der Waals surface area contributed by atoms with E-state index in [2.05, 4.69) is 10.6 Å². The Kier molecular flexibility index (Phi) is 2.78. The highest BCUT2D eigenvalue weighted by molar-refractivity contribution is 5.78. The van der Waals surface area contributed by atoms with E-state index in [4.69, 9.17) is 0 Å². The van der Waals surface area contributed by atoms with Gasteiger partial charge < -0.3 is 10.6 Å². The van der Waals surface area contributed by atoms with Crippen molar-refractivity contribution in [2.75, 3.05) is 0 Å². The van der Waals surface area contributed by atoms with Crippen LogP contribution in [0.15, 0.2) is 36.0 Å². The summed E-state index contributed by atoms with van der Waals surface area (Å²) in [6, 6.07) is 5.60. The molecular weight excluding hydrogens is 222 g/mol. The normalized spacial score (nSPS) is 19.0. The summed E-state index contributed by atoms with van der Waals surface area (Å²) in [5.41, 5.74) is 1.61. The Hall–Kier alpha value is -2.37. The molecule has 0 saturated carbocycles. The van der Waals surface area contributed by atoms with Gasteiger partial charge in [-0.1, -0.05) is 0 Å². The lowest BCUT2D eigenvalue weighted by molar-refractivity contribution is -0.384. The van der Waals surface area contributed by atoms with Crippen molar-refractivity contribution in [3.05, 3.63) is 51.7 Å². The second-order valence-corrected chi connectivity index (χ2v) is 3.77. The molecule has 17 heavy (non-hydrogen) atoms. The molecule has 1 aliphatic rings. The molecule has 1 aromatic carbocycles. The van der Waals surface area contributed by atoms with Gasteiger partial charge in [-0.25, -0.2) is 4.79 Å². The van der Waals surface area contributed by atoms with E-state index in [9.17, 15) is 14.9 Å². The maximum Gasteiger partial charge on any atom is 0.319 e. The van der Waals surface area contributed by atoms with Crippen LogP contribution < -0.4 is 10.6 Å². The van der Waals surface area contributed by atoms with Crippen molar-refractivity contribution in [3.63, 3.8) is 0 Å². The summed E-state index contributed by atoms with van der Waals surface area (Å²) in [4.78, 5) is 21.3. The van der Waals surface area contributed by atoms with Crippen molar-refractivity contribution in [1.82, 2.24) is 10.6 Å². The zero-order chi connectivity index (χ0) is 12.4. The Morgan fingerprint density at radius 1 is 1.29 bits per heavy atom. The maximum absolute atomic E-state index is 11.3. The van der Waals surface area contributed by atoms with Gasteiger partial charge >= 0.3 is 6.03 Å². The van der Waals surface area contributed by atoms with Crippen LogP contribution in [0.25, 0.3) is 0 Å². The van der Waals surface area contributed by atoms with E-state index in [0.717, 1.165) is 11.3 Å². The number of hydrogen-bond donors (Lipinski definition) is 2. The van der Waals surface area contributed by atoms with Crippen LogP contribution in [0.2, 0.25) is 0 Å². The van der Waals surface area contributed by atoms with E-state index < -0.39 is 4.92 Å². The van der Waals surface area contributed by atoms with Gasteiger partial charge in [-0.15, -0.1) is 0 Å². The van der Waals surface area contributed by atoms with Crippen LogP contribution in [-0.2, 0) is 0 Å². The monoisotopic (exact) mass is 233 g/mol. The number of benzene rings is 1. The minimum atomic E-state index is -0.453. The summed E-state index contributed by atoms with van der Waals surface area (Å²) in [6.45, 7) is 1.79. The molecule has 1 unspecified atom stereocenters. The zero-order valence-electron chi connectivity index (χ0n) is 9.14. The van der Waals surface area contributed by atoms with Gasteiger partial charge in [-0.05, 0) is 30.7 Å². The molecule has 0 fully saturated rings. The SMILES string of the molecule is CC1=CC(c2ccc([N+](=O)[O-])cc2)NC(=O)N1. The lowest BCUT2D eigenvalue weighted by atomic mass is 10.0. The number of nitrogens with zero attached hydrogens (tertiary/aromatic N) is 1. The van der Waals surface area contributed by atoms with Crippen LogP contribution in [0.1, 0.15) is 18.5 Å². The molecule has 0 saturated heterocycles. The molecule has 1 aliphatic heterocycles. The number of nitro groups is 1. The smallest absolute Gasteiger partial charge is 0.319 e. The van der Waals surface area contributed by atoms with Gasteiger partial charge in [0.25, 0.3) is 5.69 Å². The molecule has 6 heteroatoms. The van der Waals surface area contributed by atoms with Gasteiger partial charge in [0.15, 0.2) is 0 Å². The number of rotatable bonds is 2. The molecular formula is C11H11N3O3. The van der Waals surface area contributed by atoms with Crippen LogP contribution >= 0.6 is 0 Å². The van der Waals surface area contributed by atoms with Crippen molar-refractivity contribution < 1.29 is 9.72 Å². The van der Waals surface area contributed by atoms with Gasteiger partial charge in [-0.2, -0.15) is 0 Å². The van der Waals surface area contributed by atoms with Gasteiger partial charge in [0.2, 0.25) is 0 Å². The van der Waals surface area contributed by atoms with E-state index in [0.29, 0.717) is 0 Å². The van der Waals surface area contributed by atoms with E-state index in [1.54, 1.807) is 19.1 Å². The first-order valence-electron chi connectivity index (χ1n) is 5.06. The minimum Gasteiger partial charge on any atom is -0.327 e. The van der Waals surface area contributed by atoms with Gasteiger partial charge in [0, 0.05) is 17.8 Å². The van der Waals surface area contributed by atoms with Crippen molar-refractivity contribution in [1.29, 1.82) is 0 Å². The van der Waals surface area contributed by atoms with E-state index in [1.807, 2.05) is 6.08 Å². The number of hydrogen-bond acceptors (Lipinski definition) is 3. The molecule has 2 amide bonds. The fourth-order valence-corrected chi connectivity index (χ4v) is 1.67. The summed E-state index contributed by atoms with van der Waals surface area (Å²) in [5, 5.41) is 15.8. The minimum absolute atomic E-state index is 0.0368. The third-order valence-electron chi connectivity index (χ3n) is 2.48. The summed E-state index contributed by atoms with van der Waals surface area (Å²) >= 11 is 0. The molecule has 2 rings (SSSR count). The van der Waals surface area contributed by atoms with Crippen molar-refractivity contribution in [2.24, 2.45) is 0 Å². The number of nitrogens with one attached hydrogen (secondary N) is 2. The molecule has 0 aliphatic carbocycles. The third kappa shape index (κ3) is 2.41. The van der Waals surface area contributed by atoms with Crippen molar-refractivity contribution >= 4 is 11.7 Å². The molecule has 88 valence electrons. The first-order valence-corrected chi connectivity index (χ1v) is 5.06. The molecule has 2 N–H and O–H groups in total. The van der Waals surface area contributed by atoms with E-state index in [1.165, 1.54) is 12.1 Å². The predicted molar refractivity (Wildman–Crippen MR) is 61.3 cm³/mol. The molecule has 6 nitrogen and oxygen atoms in total. The van der Waals surface area contributed by atoms with Crippen LogP contribution in [0.3, 0.4) is 0 Å². The number of amides is 2. The van der Waals surface area contributed by atoms with Gasteiger partial charge in [-0.3, -0.25) is 10.1 Å². The molecule has 0 bridgehead atoms. The largest absolute Gasteiger partial charge is 0.327 e. The fraction of sp³-hybridized carbons (Fsp3) is 0.182. The molecule has 0 spiro atoms. The Morgan fingerprint density at radius 2 is 1.94 bits per heavy atom. The average Bonchev–Trinajstić information content (AvgIpc) is 2.28. The summed E-state index contributed by atoms with van der Waals surface area (Å²) in [5.74, 6) is 0. The first kappa shape index (κ1) is 11.1. The van der Waals surface area contributed by atoms with Crippen molar-refractivity contribution in [2.45, 2.75) is 13.0 Å². The standard InChI is InChI=1S/C11H11N3O3/c1-7-6-10(13-11(15)12-7)8-2-4-9(5-3-8)14(16)17/h2-6,10H,1H3,(H2,12,13,15). The van der Waals surface area contributed by atoms with Crippen LogP contribution in [0.4, 0.5) is 10.5 Å². The first-order chi connectivity index (χ1) is 8.06. The van der Waals surface area contributed by atoms with Crippen LogP contribution in [-0.4, -0.2) is 11.0 Å². The van der Waals surface area contributed by atoms with Crippen LogP contribution in [0, 0.1) is 10.1 Å². The molecule has 1 atom stereocenters. The highest BCUT2D eigenvalue weighted by Gasteiger charge is 2.18. The Morgan fingerprint density at radius 3 is 2.47 bits per heavy atom. The Bertz CT molecular complexity index is 493. The second kappa shape index (κ2) is 4.25. The molecule has 0 aromatic heterocycles. The topological polar surface area (TPSA) is 84.3 Å². The highest BCUT2D eigenvalue weighted by Crippen LogP contribution is 2.21. The number of carbonyl (C=O) groups excluding carboxylic acids is 1. The van der Waals surface area contributed by atoms with E-state index in [-0.39, 0.29) is 17.8 Å². The second-order valence-electron chi connectivity index (χ2n) is 3.77. The van der Waals surface area contributed by atoms with Gasteiger partial charge in [0.05, 0.1) is 11.0 Å². The lowest BCUT2D eigenvalue weighted by Crippen LogP contribution is -2.40. The number of urea groups is 1. The quantitative estimate of drug-likeness (QED) is 0.604. The zero-order valence-corrected chi connectivity index (χ0v) is 9.14. The van der Waals surface area contributed by atoms with E-state index >= 15 is 0 Å². The lowest BCUT2D eigenvalue weighted by Gasteiger charge is -2.22. The highest BCUT2D eigenvalue weighted by atomic mass is 16.6. The summed E-state index contributed by atoms with van der Waals surface area (Å²) in [6.07, 6.45) is 1.85. The maximum atomic E-state index is 11.3. The van der Waals surface area contributed by atoms with Gasteiger partial charge in [0.1, 0.15) is 0 Å². The molecule has 1 aromatic rings. The van der Waals surface area contributed by atoms with Crippen molar-refractivity contribution in [3.8, 4) is 0 Å². The average molecular weight is 233 g/mol.